The predicted molar refractivity (Wildman–Crippen MR) is 57.6 cm³/mol. The molecule has 1 heterocycles. The monoisotopic (exact) mass is 263 g/mol. The van der Waals surface area contributed by atoms with Gasteiger partial charge in [-0.05, 0) is 6.07 Å². The van der Waals surface area contributed by atoms with Gasteiger partial charge in [0.1, 0.15) is 5.69 Å². The number of aromatic nitrogens is 2. The topological polar surface area (TPSA) is 92.9 Å². The first-order chi connectivity index (χ1) is 8.43. The second-order valence-electron chi connectivity index (χ2n) is 3.24. The fourth-order valence-electron chi connectivity index (χ4n) is 1.05. The SMILES string of the molecule is NCC(=O)NCCNc1nccc(C(F)(F)F)n1. The Morgan fingerprint density at radius 2 is 2.11 bits per heavy atom. The number of nitrogens with two attached hydrogens (primary N) is 1. The molecular formula is C9H12F3N5O. The van der Waals surface area contributed by atoms with E-state index >= 15 is 0 Å². The number of halogens is 3. The van der Waals surface area contributed by atoms with Gasteiger partial charge in [0.25, 0.3) is 0 Å². The van der Waals surface area contributed by atoms with Crippen molar-refractivity contribution in [3.63, 3.8) is 0 Å². The molecule has 0 aliphatic heterocycles. The quantitative estimate of drug-likeness (QED) is 0.649. The molecule has 1 aromatic rings. The van der Waals surface area contributed by atoms with Gasteiger partial charge in [-0.1, -0.05) is 0 Å². The van der Waals surface area contributed by atoms with E-state index in [1.165, 1.54) is 0 Å². The summed E-state index contributed by atoms with van der Waals surface area (Å²) in [5, 5.41) is 5.00. The van der Waals surface area contributed by atoms with E-state index in [1.807, 2.05) is 0 Å². The minimum absolute atomic E-state index is 0.139. The van der Waals surface area contributed by atoms with Gasteiger partial charge >= 0.3 is 6.18 Å². The summed E-state index contributed by atoms with van der Waals surface area (Å²) in [4.78, 5) is 17.7. The third-order valence-electron chi connectivity index (χ3n) is 1.86. The number of nitrogens with zero attached hydrogens (tertiary/aromatic N) is 2. The van der Waals surface area contributed by atoms with Crippen molar-refractivity contribution in [1.82, 2.24) is 15.3 Å². The lowest BCUT2D eigenvalue weighted by Crippen LogP contribution is -2.33. The number of alkyl halides is 3. The van der Waals surface area contributed by atoms with Crippen LogP contribution in [0.4, 0.5) is 19.1 Å². The maximum atomic E-state index is 12.3. The highest BCUT2D eigenvalue weighted by Gasteiger charge is 2.32. The molecule has 1 aromatic heterocycles. The van der Waals surface area contributed by atoms with E-state index in [0.717, 1.165) is 12.3 Å². The molecule has 1 amide bonds. The van der Waals surface area contributed by atoms with E-state index < -0.39 is 11.9 Å². The van der Waals surface area contributed by atoms with Crippen LogP contribution in [0.15, 0.2) is 12.3 Å². The van der Waals surface area contributed by atoms with Crippen molar-refractivity contribution in [2.24, 2.45) is 5.73 Å². The third kappa shape index (κ3) is 4.53. The number of rotatable bonds is 5. The van der Waals surface area contributed by atoms with E-state index in [1.54, 1.807) is 0 Å². The van der Waals surface area contributed by atoms with Crippen LogP contribution < -0.4 is 16.4 Å². The molecular weight excluding hydrogens is 251 g/mol. The molecule has 18 heavy (non-hydrogen) atoms. The van der Waals surface area contributed by atoms with Crippen LogP contribution in [-0.2, 0) is 11.0 Å². The van der Waals surface area contributed by atoms with Crippen molar-refractivity contribution in [2.75, 3.05) is 25.0 Å². The molecule has 0 radical (unpaired) electrons. The van der Waals surface area contributed by atoms with Gasteiger partial charge in [-0.25, -0.2) is 9.97 Å². The average molecular weight is 263 g/mol. The van der Waals surface area contributed by atoms with Crippen molar-refractivity contribution >= 4 is 11.9 Å². The molecule has 1 rings (SSSR count). The molecule has 100 valence electrons. The molecule has 9 heteroatoms. The highest BCUT2D eigenvalue weighted by atomic mass is 19.4. The normalized spacial score (nSPS) is 11.1. The van der Waals surface area contributed by atoms with Crippen LogP contribution in [0.25, 0.3) is 0 Å². The number of carbonyl (C=O) groups is 1. The number of hydrogen-bond donors (Lipinski definition) is 3. The second kappa shape index (κ2) is 6.15. The second-order valence-corrected chi connectivity index (χ2v) is 3.24. The fourth-order valence-corrected chi connectivity index (χ4v) is 1.05. The van der Waals surface area contributed by atoms with E-state index in [-0.39, 0.29) is 31.5 Å². The fraction of sp³-hybridized carbons (Fsp3) is 0.444. The van der Waals surface area contributed by atoms with Gasteiger partial charge in [-0.3, -0.25) is 4.79 Å². The van der Waals surface area contributed by atoms with Crippen LogP contribution in [0.2, 0.25) is 0 Å². The van der Waals surface area contributed by atoms with Crippen molar-refractivity contribution in [3.05, 3.63) is 18.0 Å². The van der Waals surface area contributed by atoms with Gasteiger partial charge in [-0.2, -0.15) is 13.2 Å². The van der Waals surface area contributed by atoms with Gasteiger partial charge in [0.05, 0.1) is 6.54 Å². The minimum Gasteiger partial charge on any atom is -0.353 e. The molecule has 0 aliphatic carbocycles. The lowest BCUT2D eigenvalue weighted by molar-refractivity contribution is -0.141. The third-order valence-corrected chi connectivity index (χ3v) is 1.86. The minimum atomic E-state index is -4.51. The van der Waals surface area contributed by atoms with Crippen LogP contribution in [0, 0.1) is 0 Å². The van der Waals surface area contributed by atoms with Gasteiger partial charge in [0.15, 0.2) is 0 Å². The zero-order valence-electron chi connectivity index (χ0n) is 9.29. The highest BCUT2D eigenvalue weighted by Crippen LogP contribution is 2.27. The first-order valence-corrected chi connectivity index (χ1v) is 5.04. The molecule has 0 atom stereocenters. The molecule has 0 saturated carbocycles. The van der Waals surface area contributed by atoms with Crippen LogP contribution in [0.3, 0.4) is 0 Å². The van der Waals surface area contributed by atoms with Crippen molar-refractivity contribution < 1.29 is 18.0 Å². The maximum absolute atomic E-state index is 12.3. The Labute approximate surface area is 101 Å². The maximum Gasteiger partial charge on any atom is 0.433 e. The van der Waals surface area contributed by atoms with Crippen molar-refractivity contribution in [2.45, 2.75) is 6.18 Å². The predicted octanol–water partition coefficient (Wildman–Crippen LogP) is -0.0178. The molecule has 4 N–H and O–H groups in total. The zero-order chi connectivity index (χ0) is 13.6. The summed E-state index contributed by atoms with van der Waals surface area (Å²) in [6.45, 7) is 0.281. The van der Waals surface area contributed by atoms with Crippen molar-refractivity contribution in [1.29, 1.82) is 0 Å². The summed E-state index contributed by atoms with van der Waals surface area (Å²) in [6.07, 6.45) is -3.50. The highest BCUT2D eigenvalue weighted by molar-refractivity contribution is 5.77. The first kappa shape index (κ1) is 14.2. The zero-order valence-corrected chi connectivity index (χ0v) is 9.29. The Morgan fingerprint density at radius 1 is 1.39 bits per heavy atom. The molecule has 6 nitrogen and oxygen atoms in total. The molecule has 0 spiro atoms. The summed E-state index contributed by atoms with van der Waals surface area (Å²) >= 11 is 0. The summed E-state index contributed by atoms with van der Waals surface area (Å²) in [6, 6.07) is 0.779. The van der Waals surface area contributed by atoms with E-state index in [0.29, 0.717) is 0 Å². The summed E-state index contributed by atoms with van der Waals surface area (Å²) in [5.41, 5.74) is 4.03. The largest absolute Gasteiger partial charge is 0.433 e. The standard InChI is InChI=1S/C9H12F3N5O/c10-9(11,12)6-1-2-15-8(17-6)16-4-3-14-7(18)5-13/h1-2H,3-5,13H2,(H,14,18)(H,15,16,17). The summed E-state index contributed by atoms with van der Waals surface area (Å²) in [5.74, 6) is -0.492. The van der Waals surface area contributed by atoms with Crippen LogP contribution in [0.5, 0.6) is 0 Å². The number of carbonyl (C=O) groups excluding carboxylic acids is 1. The Hall–Kier alpha value is -1.90. The molecule has 0 fully saturated rings. The van der Waals surface area contributed by atoms with Gasteiger partial charge in [0.2, 0.25) is 11.9 Å². The Morgan fingerprint density at radius 3 is 2.72 bits per heavy atom. The van der Waals surface area contributed by atoms with Gasteiger partial charge in [-0.15, -0.1) is 0 Å². The van der Waals surface area contributed by atoms with E-state index in [2.05, 4.69) is 20.6 Å². The van der Waals surface area contributed by atoms with Gasteiger partial charge in [0, 0.05) is 19.3 Å². The number of hydrogen-bond acceptors (Lipinski definition) is 5. The van der Waals surface area contributed by atoms with Crippen LogP contribution in [-0.4, -0.2) is 35.5 Å². The molecule has 0 bridgehead atoms. The number of nitrogens with one attached hydrogen (secondary N) is 2. The molecule has 0 unspecified atom stereocenters. The summed E-state index contributed by atoms with van der Waals surface area (Å²) in [7, 11) is 0. The average Bonchev–Trinajstić information content (AvgIpc) is 2.33. The van der Waals surface area contributed by atoms with Crippen LogP contribution >= 0.6 is 0 Å². The smallest absolute Gasteiger partial charge is 0.353 e. The molecule has 0 aromatic carbocycles. The Kier molecular flexibility index (Phi) is 4.84. The Bertz CT molecular complexity index is 409. The number of amides is 1. The van der Waals surface area contributed by atoms with Crippen LogP contribution in [0.1, 0.15) is 5.69 Å². The lowest BCUT2D eigenvalue weighted by Gasteiger charge is -2.08. The van der Waals surface area contributed by atoms with Crippen molar-refractivity contribution in [3.8, 4) is 0 Å². The van der Waals surface area contributed by atoms with E-state index in [9.17, 15) is 18.0 Å². The number of anilines is 1. The first-order valence-electron chi connectivity index (χ1n) is 5.04. The lowest BCUT2D eigenvalue weighted by atomic mass is 10.4. The summed E-state index contributed by atoms with van der Waals surface area (Å²) < 4.78 is 37.0. The molecule has 0 aliphatic rings. The molecule has 0 saturated heterocycles. The Balaban J connectivity index is 2.46. The van der Waals surface area contributed by atoms with E-state index in [4.69, 9.17) is 5.73 Å². The van der Waals surface area contributed by atoms with Gasteiger partial charge < -0.3 is 16.4 Å².